The Morgan fingerprint density at radius 3 is 2.67 bits per heavy atom. The lowest BCUT2D eigenvalue weighted by Crippen LogP contribution is -2.19. The third-order valence-corrected chi connectivity index (χ3v) is 3.30. The molecule has 1 atom stereocenters. The molecule has 1 unspecified atom stereocenters. The van der Waals surface area contributed by atoms with Gasteiger partial charge < -0.3 is 5.32 Å². The number of aryl methyl sites for hydroxylation is 2. The van der Waals surface area contributed by atoms with Crippen LogP contribution in [0.4, 0.5) is 0 Å². The summed E-state index contributed by atoms with van der Waals surface area (Å²) in [6.07, 6.45) is 7.03. The quantitative estimate of drug-likeness (QED) is 0.746. The summed E-state index contributed by atoms with van der Waals surface area (Å²) in [5.41, 5.74) is 2.32. The van der Waals surface area contributed by atoms with E-state index in [0.29, 0.717) is 6.04 Å². The monoisotopic (exact) mass is 204 g/mol. The largest absolute Gasteiger partial charge is 0.307 e. The first kappa shape index (κ1) is 9.21. The van der Waals surface area contributed by atoms with E-state index in [1.54, 1.807) is 0 Å². The van der Waals surface area contributed by atoms with Gasteiger partial charge in [-0.05, 0) is 45.1 Å². The highest BCUT2D eigenvalue weighted by Crippen LogP contribution is 2.22. The summed E-state index contributed by atoms with van der Waals surface area (Å²) in [5, 5.41) is 12.0. The minimum atomic E-state index is 0.352. The maximum Gasteiger partial charge on any atom is 0.168 e. The van der Waals surface area contributed by atoms with Crippen LogP contribution in [0.2, 0.25) is 0 Å². The summed E-state index contributed by atoms with van der Waals surface area (Å²) < 4.78 is 0. The zero-order valence-corrected chi connectivity index (χ0v) is 8.87. The average molecular weight is 204 g/mol. The number of hydrogen-bond donors (Lipinski definition) is 1. The Balaban J connectivity index is 1.89. The van der Waals surface area contributed by atoms with Crippen LogP contribution in [0.5, 0.6) is 0 Å². The van der Waals surface area contributed by atoms with Crippen molar-refractivity contribution in [3.05, 3.63) is 17.2 Å². The maximum absolute atomic E-state index is 4.66. The highest BCUT2D eigenvalue weighted by molar-refractivity contribution is 5.14. The molecule has 2 aliphatic rings. The predicted molar refractivity (Wildman–Crippen MR) is 56.4 cm³/mol. The van der Waals surface area contributed by atoms with Gasteiger partial charge in [-0.3, -0.25) is 0 Å². The highest BCUT2D eigenvalue weighted by Gasteiger charge is 2.21. The van der Waals surface area contributed by atoms with Crippen molar-refractivity contribution in [3.8, 4) is 0 Å². The second-order valence-corrected chi connectivity index (χ2v) is 4.42. The molecule has 1 aromatic rings. The molecular formula is C11H16N4. The molecule has 0 aromatic carbocycles. The number of nitrogens with zero attached hydrogens (tertiary/aromatic N) is 3. The van der Waals surface area contributed by atoms with E-state index in [1.165, 1.54) is 25.0 Å². The summed E-state index contributed by atoms with van der Waals surface area (Å²) in [7, 11) is 0. The van der Waals surface area contributed by atoms with Gasteiger partial charge >= 0.3 is 0 Å². The molecule has 1 N–H and O–H groups in total. The van der Waals surface area contributed by atoms with Gasteiger partial charge in [0.15, 0.2) is 5.82 Å². The molecule has 15 heavy (non-hydrogen) atoms. The lowest BCUT2D eigenvalue weighted by Gasteiger charge is -2.15. The zero-order chi connectivity index (χ0) is 10.1. The van der Waals surface area contributed by atoms with Crippen molar-refractivity contribution in [2.45, 2.75) is 44.6 Å². The Morgan fingerprint density at radius 1 is 1.00 bits per heavy atom. The van der Waals surface area contributed by atoms with Crippen LogP contribution in [0.15, 0.2) is 0 Å². The molecule has 0 saturated carbocycles. The first-order chi connectivity index (χ1) is 7.43. The van der Waals surface area contributed by atoms with Crippen molar-refractivity contribution in [3.63, 3.8) is 0 Å². The standard InChI is InChI=1S/C11H16N4/c1-2-5-9-8(4-1)13-11(15-14-9)10-6-3-7-12-10/h10,12H,1-7H2. The third kappa shape index (κ3) is 1.74. The molecule has 1 aliphatic carbocycles. The summed E-state index contributed by atoms with van der Waals surface area (Å²) in [4.78, 5) is 4.66. The predicted octanol–water partition coefficient (Wildman–Crippen LogP) is 1.17. The number of hydrogen-bond acceptors (Lipinski definition) is 4. The summed E-state index contributed by atoms with van der Waals surface area (Å²) in [6, 6.07) is 0.352. The van der Waals surface area contributed by atoms with E-state index >= 15 is 0 Å². The van der Waals surface area contributed by atoms with Crippen LogP contribution in [0.3, 0.4) is 0 Å². The van der Waals surface area contributed by atoms with Crippen LogP contribution in [0, 0.1) is 0 Å². The van der Waals surface area contributed by atoms with Crippen LogP contribution < -0.4 is 5.32 Å². The normalized spacial score (nSPS) is 25.2. The summed E-state index contributed by atoms with van der Waals surface area (Å²) in [6.45, 7) is 1.09. The molecule has 4 heteroatoms. The number of fused-ring (bicyclic) bond motifs is 1. The van der Waals surface area contributed by atoms with Crippen LogP contribution in [0.1, 0.15) is 48.9 Å². The van der Waals surface area contributed by atoms with Crippen molar-refractivity contribution < 1.29 is 0 Å². The Morgan fingerprint density at radius 2 is 1.87 bits per heavy atom. The molecule has 1 aliphatic heterocycles. The molecule has 0 radical (unpaired) electrons. The molecule has 2 heterocycles. The van der Waals surface area contributed by atoms with E-state index in [2.05, 4.69) is 20.5 Å². The molecule has 0 amide bonds. The van der Waals surface area contributed by atoms with E-state index in [-0.39, 0.29) is 0 Å². The minimum Gasteiger partial charge on any atom is -0.307 e. The molecule has 1 fully saturated rings. The highest BCUT2D eigenvalue weighted by atomic mass is 15.2. The lowest BCUT2D eigenvalue weighted by molar-refractivity contribution is 0.557. The zero-order valence-electron chi connectivity index (χ0n) is 8.87. The minimum absolute atomic E-state index is 0.352. The van der Waals surface area contributed by atoms with Crippen molar-refractivity contribution in [2.24, 2.45) is 0 Å². The molecule has 4 nitrogen and oxygen atoms in total. The number of aromatic nitrogens is 3. The first-order valence-electron chi connectivity index (χ1n) is 5.89. The first-order valence-corrected chi connectivity index (χ1v) is 5.89. The van der Waals surface area contributed by atoms with E-state index < -0.39 is 0 Å². The van der Waals surface area contributed by atoms with Crippen LogP contribution in [-0.2, 0) is 12.8 Å². The molecule has 0 spiro atoms. The van der Waals surface area contributed by atoms with Gasteiger partial charge in [0, 0.05) is 0 Å². The van der Waals surface area contributed by atoms with E-state index in [4.69, 9.17) is 0 Å². The summed E-state index contributed by atoms with van der Waals surface area (Å²) in [5.74, 6) is 0.910. The third-order valence-electron chi connectivity index (χ3n) is 3.30. The molecule has 1 saturated heterocycles. The Kier molecular flexibility index (Phi) is 2.37. The maximum atomic E-state index is 4.66. The van der Waals surface area contributed by atoms with Crippen molar-refractivity contribution in [1.29, 1.82) is 0 Å². The lowest BCUT2D eigenvalue weighted by atomic mass is 10.0. The van der Waals surface area contributed by atoms with Crippen LogP contribution >= 0.6 is 0 Å². The van der Waals surface area contributed by atoms with Gasteiger partial charge in [-0.15, -0.1) is 5.10 Å². The van der Waals surface area contributed by atoms with Gasteiger partial charge in [-0.1, -0.05) is 0 Å². The molecule has 1 aromatic heterocycles. The van der Waals surface area contributed by atoms with Crippen LogP contribution in [-0.4, -0.2) is 21.7 Å². The fourth-order valence-electron chi connectivity index (χ4n) is 2.43. The average Bonchev–Trinajstić information content (AvgIpc) is 2.82. The van der Waals surface area contributed by atoms with Gasteiger partial charge in [-0.2, -0.15) is 5.10 Å². The smallest absolute Gasteiger partial charge is 0.168 e. The molecule has 0 bridgehead atoms. The van der Waals surface area contributed by atoms with Crippen LogP contribution in [0.25, 0.3) is 0 Å². The number of nitrogens with one attached hydrogen (secondary N) is 1. The topological polar surface area (TPSA) is 50.7 Å². The Bertz CT molecular complexity index is 358. The van der Waals surface area contributed by atoms with Gasteiger partial charge in [0.05, 0.1) is 17.4 Å². The summed E-state index contributed by atoms with van der Waals surface area (Å²) >= 11 is 0. The fourth-order valence-corrected chi connectivity index (χ4v) is 2.43. The SMILES string of the molecule is C1CCc2nc(C3CCCN3)nnc2C1. The van der Waals surface area contributed by atoms with Gasteiger partial charge in [-0.25, -0.2) is 4.98 Å². The fraction of sp³-hybridized carbons (Fsp3) is 0.727. The van der Waals surface area contributed by atoms with Gasteiger partial charge in [0.25, 0.3) is 0 Å². The molecule has 80 valence electrons. The second kappa shape index (κ2) is 3.85. The number of rotatable bonds is 1. The van der Waals surface area contributed by atoms with Gasteiger partial charge in [0.1, 0.15) is 0 Å². The van der Waals surface area contributed by atoms with Crippen molar-refractivity contribution >= 4 is 0 Å². The van der Waals surface area contributed by atoms with E-state index in [0.717, 1.165) is 37.3 Å². The Labute approximate surface area is 89.5 Å². The van der Waals surface area contributed by atoms with Crippen molar-refractivity contribution in [2.75, 3.05) is 6.54 Å². The van der Waals surface area contributed by atoms with E-state index in [1.807, 2.05) is 0 Å². The molecule has 3 rings (SSSR count). The molecular weight excluding hydrogens is 188 g/mol. The van der Waals surface area contributed by atoms with E-state index in [9.17, 15) is 0 Å². The second-order valence-electron chi connectivity index (χ2n) is 4.42. The van der Waals surface area contributed by atoms with Gasteiger partial charge in [0.2, 0.25) is 0 Å². The Hall–Kier alpha value is -1.03. The van der Waals surface area contributed by atoms with Crippen molar-refractivity contribution in [1.82, 2.24) is 20.5 Å².